The Morgan fingerprint density at radius 1 is 1.15 bits per heavy atom. The van der Waals surface area contributed by atoms with Gasteiger partial charge in [-0.25, -0.2) is 0 Å². The van der Waals surface area contributed by atoms with E-state index in [1.54, 1.807) is 29.3 Å². The number of carbonyl (C=O) groups is 1. The molecule has 2 fully saturated rings. The zero-order valence-corrected chi connectivity index (χ0v) is 19.8. The number of carbonyl (C=O) groups excluding carboxylic acids is 1. The van der Waals surface area contributed by atoms with Gasteiger partial charge in [-0.3, -0.25) is 18.9 Å². The molecule has 1 saturated heterocycles. The van der Waals surface area contributed by atoms with Crippen LogP contribution < -0.4 is 10.3 Å². The normalized spacial score (nSPS) is 18.1. The van der Waals surface area contributed by atoms with Gasteiger partial charge in [-0.05, 0) is 55.2 Å². The number of nitrogens with zero attached hydrogens (tertiary/aromatic N) is 3. The van der Waals surface area contributed by atoms with E-state index in [2.05, 4.69) is 11.9 Å². The fraction of sp³-hybridized carbons (Fsp3) is 0.280. The molecule has 3 aromatic rings. The van der Waals surface area contributed by atoms with Gasteiger partial charge in [0.1, 0.15) is 21.3 Å². The van der Waals surface area contributed by atoms with E-state index in [0.717, 1.165) is 32.1 Å². The molecule has 2 aliphatic rings. The monoisotopic (exact) mass is 477 g/mol. The van der Waals surface area contributed by atoms with Gasteiger partial charge in [0.25, 0.3) is 11.5 Å². The number of aromatic nitrogens is 2. The van der Waals surface area contributed by atoms with E-state index in [-0.39, 0.29) is 29.0 Å². The summed E-state index contributed by atoms with van der Waals surface area (Å²) in [6.07, 6.45) is 8.29. The second kappa shape index (κ2) is 9.11. The summed E-state index contributed by atoms with van der Waals surface area (Å²) >= 11 is 6.75. The molecule has 168 valence electrons. The van der Waals surface area contributed by atoms with Crippen molar-refractivity contribution in [1.29, 1.82) is 0 Å². The minimum Gasteiger partial charge on any atom is -0.438 e. The average Bonchev–Trinajstić information content (AvgIpc) is 3.44. The van der Waals surface area contributed by atoms with Crippen molar-refractivity contribution in [3.63, 3.8) is 0 Å². The van der Waals surface area contributed by atoms with Crippen LogP contribution in [0, 0.1) is 0 Å². The Labute approximate surface area is 201 Å². The maximum Gasteiger partial charge on any atom is 0.269 e. The Bertz CT molecular complexity index is 1320. The van der Waals surface area contributed by atoms with E-state index in [1.807, 2.05) is 30.3 Å². The summed E-state index contributed by atoms with van der Waals surface area (Å²) in [6, 6.07) is 13.2. The number of amides is 1. The Balaban J connectivity index is 1.58. The molecule has 0 spiro atoms. The molecule has 1 amide bonds. The third-order valence-electron chi connectivity index (χ3n) is 6.07. The van der Waals surface area contributed by atoms with Gasteiger partial charge in [0, 0.05) is 12.2 Å². The van der Waals surface area contributed by atoms with Crippen molar-refractivity contribution in [2.75, 3.05) is 0 Å². The summed E-state index contributed by atoms with van der Waals surface area (Å²) in [6.45, 7) is 2.08. The first-order chi connectivity index (χ1) is 16.0. The van der Waals surface area contributed by atoms with Gasteiger partial charge in [-0.1, -0.05) is 61.9 Å². The van der Waals surface area contributed by atoms with Gasteiger partial charge in [0.2, 0.25) is 5.88 Å². The van der Waals surface area contributed by atoms with Crippen molar-refractivity contribution < 1.29 is 9.53 Å². The molecule has 1 aliphatic heterocycles. The van der Waals surface area contributed by atoms with Gasteiger partial charge in [0.05, 0.1) is 4.91 Å². The van der Waals surface area contributed by atoms with Crippen LogP contribution in [0.2, 0.25) is 0 Å². The van der Waals surface area contributed by atoms with Crippen LogP contribution in [0.15, 0.2) is 58.4 Å². The molecule has 0 unspecified atom stereocenters. The van der Waals surface area contributed by atoms with Crippen LogP contribution in [0.4, 0.5) is 0 Å². The van der Waals surface area contributed by atoms with Crippen molar-refractivity contribution in [1.82, 2.24) is 14.3 Å². The van der Waals surface area contributed by atoms with E-state index in [4.69, 9.17) is 17.0 Å². The molecular weight excluding hydrogens is 454 g/mol. The minimum absolute atomic E-state index is 0.145. The molecular formula is C25H23N3O3S2. The molecule has 1 aliphatic carbocycles. The fourth-order valence-corrected chi connectivity index (χ4v) is 5.66. The maximum absolute atomic E-state index is 13.4. The van der Waals surface area contributed by atoms with Crippen LogP contribution in [-0.4, -0.2) is 30.6 Å². The lowest BCUT2D eigenvalue weighted by Crippen LogP contribution is -2.36. The van der Waals surface area contributed by atoms with Gasteiger partial charge >= 0.3 is 0 Å². The SMILES string of the molecule is CCc1ccc(Oc2nc3ccccn3c(=O)c2/C=C2/SC(=S)N(C3CCCC3)C2=O)cc1. The highest BCUT2D eigenvalue weighted by atomic mass is 32.2. The van der Waals surface area contributed by atoms with Crippen LogP contribution in [0.5, 0.6) is 11.6 Å². The highest BCUT2D eigenvalue weighted by molar-refractivity contribution is 8.26. The standard InChI is InChI=1S/C25H23N3O3S2/c1-2-16-10-12-18(13-11-16)31-22-19(23(29)27-14-6-5-9-21(27)26-22)15-20-24(30)28(25(32)33-20)17-7-3-4-8-17/h5-6,9-15,17H,2-4,7-8H2,1H3/b20-15+. The van der Waals surface area contributed by atoms with Gasteiger partial charge in [-0.15, -0.1) is 0 Å². The first kappa shape index (κ1) is 21.9. The molecule has 3 heterocycles. The minimum atomic E-state index is -0.299. The Kier molecular flexibility index (Phi) is 6.03. The third kappa shape index (κ3) is 4.20. The van der Waals surface area contributed by atoms with Crippen LogP contribution in [0.1, 0.15) is 43.7 Å². The summed E-state index contributed by atoms with van der Waals surface area (Å²) in [5, 5.41) is 0. The molecule has 33 heavy (non-hydrogen) atoms. The third-order valence-corrected chi connectivity index (χ3v) is 7.40. The van der Waals surface area contributed by atoms with E-state index in [0.29, 0.717) is 20.6 Å². The van der Waals surface area contributed by atoms with Crippen molar-refractivity contribution in [2.45, 2.75) is 45.1 Å². The number of fused-ring (bicyclic) bond motifs is 1. The lowest BCUT2D eigenvalue weighted by Gasteiger charge is -2.21. The smallest absolute Gasteiger partial charge is 0.269 e. The molecule has 1 saturated carbocycles. The van der Waals surface area contributed by atoms with E-state index < -0.39 is 0 Å². The average molecular weight is 478 g/mol. The molecule has 0 radical (unpaired) electrons. The van der Waals surface area contributed by atoms with Crippen molar-refractivity contribution in [2.24, 2.45) is 0 Å². The molecule has 0 N–H and O–H groups in total. The summed E-state index contributed by atoms with van der Waals surface area (Å²) in [4.78, 5) is 33.3. The van der Waals surface area contributed by atoms with Gasteiger partial charge in [0.15, 0.2) is 0 Å². The Morgan fingerprint density at radius 3 is 2.64 bits per heavy atom. The number of rotatable bonds is 5. The first-order valence-corrected chi connectivity index (χ1v) is 12.3. The summed E-state index contributed by atoms with van der Waals surface area (Å²) in [5.74, 6) is 0.599. The predicted molar refractivity (Wildman–Crippen MR) is 135 cm³/mol. The lowest BCUT2D eigenvalue weighted by atomic mass is 10.2. The highest BCUT2D eigenvalue weighted by Gasteiger charge is 2.38. The van der Waals surface area contributed by atoms with Crippen LogP contribution in [0.3, 0.4) is 0 Å². The molecule has 0 atom stereocenters. The van der Waals surface area contributed by atoms with Crippen molar-refractivity contribution >= 4 is 45.9 Å². The summed E-state index contributed by atoms with van der Waals surface area (Å²) < 4.78 is 8.06. The van der Waals surface area contributed by atoms with Gasteiger partial charge < -0.3 is 4.74 Å². The second-order valence-corrected chi connectivity index (χ2v) is 9.83. The molecule has 5 rings (SSSR count). The number of thioether (sulfide) groups is 1. The quantitative estimate of drug-likeness (QED) is 0.372. The fourth-order valence-electron chi connectivity index (χ4n) is 4.28. The molecule has 2 aromatic heterocycles. The zero-order chi connectivity index (χ0) is 22.9. The number of hydrogen-bond donors (Lipinski definition) is 0. The molecule has 8 heteroatoms. The van der Waals surface area contributed by atoms with Crippen LogP contribution >= 0.6 is 24.0 Å². The molecule has 1 aromatic carbocycles. The number of pyridine rings is 1. The van der Waals surface area contributed by atoms with E-state index in [1.165, 1.54) is 21.7 Å². The number of aryl methyl sites for hydroxylation is 1. The lowest BCUT2D eigenvalue weighted by molar-refractivity contribution is -0.123. The molecule has 0 bridgehead atoms. The van der Waals surface area contributed by atoms with Gasteiger partial charge in [-0.2, -0.15) is 4.98 Å². The zero-order valence-electron chi connectivity index (χ0n) is 18.2. The van der Waals surface area contributed by atoms with Crippen LogP contribution in [0.25, 0.3) is 11.7 Å². The van der Waals surface area contributed by atoms with Crippen LogP contribution in [-0.2, 0) is 11.2 Å². The Morgan fingerprint density at radius 2 is 1.91 bits per heavy atom. The van der Waals surface area contributed by atoms with E-state index in [9.17, 15) is 9.59 Å². The Hall–Kier alpha value is -2.97. The molecule has 6 nitrogen and oxygen atoms in total. The predicted octanol–water partition coefficient (Wildman–Crippen LogP) is 5.19. The first-order valence-electron chi connectivity index (χ1n) is 11.1. The second-order valence-electron chi connectivity index (χ2n) is 8.15. The number of benzene rings is 1. The maximum atomic E-state index is 13.4. The number of hydrogen-bond acceptors (Lipinski definition) is 6. The summed E-state index contributed by atoms with van der Waals surface area (Å²) in [5.41, 5.74) is 1.58. The topological polar surface area (TPSA) is 63.9 Å². The van der Waals surface area contributed by atoms with E-state index >= 15 is 0 Å². The summed E-state index contributed by atoms with van der Waals surface area (Å²) in [7, 11) is 0. The largest absolute Gasteiger partial charge is 0.438 e. The highest BCUT2D eigenvalue weighted by Crippen LogP contribution is 2.38. The van der Waals surface area contributed by atoms with Crippen molar-refractivity contribution in [3.8, 4) is 11.6 Å². The van der Waals surface area contributed by atoms with Crippen molar-refractivity contribution in [3.05, 3.63) is 75.0 Å². The number of ether oxygens (including phenoxy) is 1. The number of thiocarbonyl (C=S) groups is 1.